The number of nitrogens with zero attached hydrogens (tertiary/aromatic N) is 2. The minimum atomic E-state index is 0.624. The Morgan fingerprint density at radius 1 is 1.35 bits per heavy atom. The fourth-order valence-corrected chi connectivity index (χ4v) is 1.67. The molecule has 1 rings (SSSR count). The second-order valence-corrected chi connectivity index (χ2v) is 4.78. The summed E-state index contributed by atoms with van der Waals surface area (Å²) < 4.78 is 0. The normalized spacial score (nSPS) is 10.3. The average molecular weight is 231 g/mol. The molecule has 0 saturated carbocycles. The highest BCUT2D eigenvalue weighted by molar-refractivity contribution is 5.52. The van der Waals surface area contributed by atoms with E-state index in [1.807, 2.05) is 19.1 Å². The Balaban J connectivity index is 2.41. The molecule has 0 saturated heterocycles. The quantitative estimate of drug-likeness (QED) is 0.762. The number of unbranched alkanes of at least 4 members (excludes halogenated alkanes) is 1. The molecule has 0 bridgehead atoms. The maximum Gasteiger partial charge on any atom is 0.144 e. The second kappa shape index (κ2) is 6.90. The van der Waals surface area contributed by atoms with Gasteiger partial charge in [0.25, 0.3) is 0 Å². The minimum Gasteiger partial charge on any atom is -0.369 e. The number of hydrogen-bond donors (Lipinski definition) is 1. The van der Waals surface area contributed by atoms with Crippen LogP contribution in [-0.2, 0) is 0 Å². The van der Waals surface area contributed by atoms with Crippen molar-refractivity contribution in [3.8, 4) is 6.07 Å². The van der Waals surface area contributed by atoms with E-state index in [0.29, 0.717) is 5.56 Å². The van der Waals surface area contributed by atoms with Gasteiger partial charge in [-0.15, -0.1) is 0 Å². The van der Waals surface area contributed by atoms with Gasteiger partial charge in [0.2, 0.25) is 0 Å². The molecule has 0 unspecified atom stereocenters. The molecule has 0 fully saturated rings. The van der Waals surface area contributed by atoms with E-state index < -0.39 is 0 Å². The van der Waals surface area contributed by atoms with E-state index in [-0.39, 0.29) is 0 Å². The number of aryl methyl sites for hydroxylation is 1. The standard InChI is InChI=1S/C14H21N3/c1-11(2)6-4-5-9-16-14-13(10-15)8-7-12(3)17-14/h7-8,11H,4-6,9H2,1-3H3,(H,16,17). The largest absolute Gasteiger partial charge is 0.369 e. The molecule has 3 nitrogen and oxygen atoms in total. The Labute approximate surface area is 104 Å². The van der Waals surface area contributed by atoms with Crippen molar-refractivity contribution in [1.82, 2.24) is 4.98 Å². The predicted molar refractivity (Wildman–Crippen MR) is 70.9 cm³/mol. The number of aromatic nitrogens is 1. The predicted octanol–water partition coefficient (Wildman–Crippen LogP) is 3.50. The highest BCUT2D eigenvalue weighted by atomic mass is 15.0. The summed E-state index contributed by atoms with van der Waals surface area (Å²) in [4.78, 5) is 4.34. The van der Waals surface area contributed by atoms with Crippen LogP contribution >= 0.6 is 0 Å². The van der Waals surface area contributed by atoms with Crippen molar-refractivity contribution < 1.29 is 0 Å². The van der Waals surface area contributed by atoms with E-state index in [2.05, 4.69) is 30.2 Å². The van der Waals surface area contributed by atoms with Crippen molar-refractivity contribution in [2.45, 2.75) is 40.0 Å². The Kier molecular flexibility index (Phi) is 5.48. The van der Waals surface area contributed by atoms with Crippen molar-refractivity contribution in [2.75, 3.05) is 11.9 Å². The first-order valence-electron chi connectivity index (χ1n) is 6.25. The highest BCUT2D eigenvalue weighted by Crippen LogP contribution is 2.13. The van der Waals surface area contributed by atoms with Crippen LogP contribution in [0.3, 0.4) is 0 Å². The van der Waals surface area contributed by atoms with E-state index in [4.69, 9.17) is 5.26 Å². The first kappa shape index (κ1) is 13.5. The van der Waals surface area contributed by atoms with Gasteiger partial charge >= 0.3 is 0 Å². The van der Waals surface area contributed by atoms with Gasteiger partial charge in [-0.25, -0.2) is 4.98 Å². The van der Waals surface area contributed by atoms with Crippen molar-refractivity contribution in [3.05, 3.63) is 23.4 Å². The SMILES string of the molecule is Cc1ccc(C#N)c(NCCCCC(C)C)n1. The van der Waals surface area contributed by atoms with Crippen molar-refractivity contribution in [3.63, 3.8) is 0 Å². The molecule has 92 valence electrons. The molecule has 0 aliphatic carbocycles. The average Bonchev–Trinajstić information content (AvgIpc) is 2.28. The molecule has 3 heteroatoms. The number of anilines is 1. The summed E-state index contributed by atoms with van der Waals surface area (Å²) in [6.07, 6.45) is 3.60. The minimum absolute atomic E-state index is 0.624. The lowest BCUT2D eigenvalue weighted by molar-refractivity contribution is 0.544. The third-order valence-electron chi connectivity index (χ3n) is 2.66. The van der Waals surface area contributed by atoms with E-state index in [1.54, 1.807) is 0 Å². The summed E-state index contributed by atoms with van der Waals surface area (Å²) in [5.41, 5.74) is 1.56. The Hall–Kier alpha value is -1.56. The van der Waals surface area contributed by atoms with Crippen LogP contribution in [0.4, 0.5) is 5.82 Å². The van der Waals surface area contributed by atoms with E-state index >= 15 is 0 Å². The third-order valence-corrected chi connectivity index (χ3v) is 2.66. The molecular formula is C14H21N3. The monoisotopic (exact) mass is 231 g/mol. The second-order valence-electron chi connectivity index (χ2n) is 4.78. The summed E-state index contributed by atoms with van der Waals surface area (Å²) >= 11 is 0. The van der Waals surface area contributed by atoms with Crippen LogP contribution in [0.1, 0.15) is 44.4 Å². The van der Waals surface area contributed by atoms with Gasteiger partial charge in [-0.1, -0.05) is 26.7 Å². The zero-order valence-corrected chi connectivity index (χ0v) is 11.0. The Morgan fingerprint density at radius 3 is 2.76 bits per heavy atom. The number of nitrogens with one attached hydrogen (secondary N) is 1. The molecule has 1 heterocycles. The molecule has 0 aromatic carbocycles. The van der Waals surface area contributed by atoms with Gasteiger partial charge in [-0.05, 0) is 31.4 Å². The summed E-state index contributed by atoms with van der Waals surface area (Å²) in [7, 11) is 0. The molecule has 1 N–H and O–H groups in total. The fraction of sp³-hybridized carbons (Fsp3) is 0.571. The Bertz CT molecular complexity index is 391. The van der Waals surface area contributed by atoms with Crippen LogP contribution in [0, 0.1) is 24.2 Å². The first-order valence-corrected chi connectivity index (χ1v) is 6.25. The summed E-state index contributed by atoms with van der Waals surface area (Å²) in [5.74, 6) is 1.49. The lowest BCUT2D eigenvalue weighted by Crippen LogP contribution is -2.06. The molecule has 0 radical (unpaired) electrons. The first-order chi connectivity index (χ1) is 8.13. The van der Waals surface area contributed by atoms with Gasteiger partial charge in [-0.3, -0.25) is 0 Å². The van der Waals surface area contributed by atoms with Crippen LogP contribution in [0.2, 0.25) is 0 Å². The van der Waals surface area contributed by atoms with Gasteiger partial charge in [0.1, 0.15) is 11.9 Å². The zero-order chi connectivity index (χ0) is 12.7. The van der Waals surface area contributed by atoms with E-state index in [0.717, 1.165) is 30.4 Å². The highest BCUT2D eigenvalue weighted by Gasteiger charge is 2.02. The molecule has 1 aromatic heterocycles. The lowest BCUT2D eigenvalue weighted by atomic mass is 10.1. The maximum atomic E-state index is 8.95. The van der Waals surface area contributed by atoms with Gasteiger partial charge < -0.3 is 5.32 Å². The van der Waals surface area contributed by atoms with E-state index in [1.165, 1.54) is 12.8 Å². The van der Waals surface area contributed by atoms with Gasteiger partial charge in [0, 0.05) is 12.2 Å². The number of hydrogen-bond acceptors (Lipinski definition) is 3. The fourth-order valence-electron chi connectivity index (χ4n) is 1.67. The third kappa shape index (κ3) is 4.86. The van der Waals surface area contributed by atoms with Crippen LogP contribution < -0.4 is 5.32 Å². The smallest absolute Gasteiger partial charge is 0.144 e. The van der Waals surface area contributed by atoms with Crippen LogP contribution in [-0.4, -0.2) is 11.5 Å². The summed E-state index contributed by atoms with van der Waals surface area (Å²) in [5, 5.41) is 12.2. The molecule has 0 aliphatic rings. The summed E-state index contributed by atoms with van der Waals surface area (Å²) in [6.45, 7) is 7.30. The molecule has 1 aromatic rings. The molecule has 0 amide bonds. The zero-order valence-electron chi connectivity index (χ0n) is 11.0. The molecule has 0 atom stereocenters. The maximum absolute atomic E-state index is 8.95. The van der Waals surface area contributed by atoms with Gasteiger partial charge in [0.15, 0.2) is 0 Å². The lowest BCUT2D eigenvalue weighted by Gasteiger charge is -2.08. The topological polar surface area (TPSA) is 48.7 Å². The van der Waals surface area contributed by atoms with Crippen molar-refractivity contribution in [2.24, 2.45) is 5.92 Å². The van der Waals surface area contributed by atoms with Crippen molar-refractivity contribution >= 4 is 5.82 Å². The number of pyridine rings is 1. The molecular weight excluding hydrogens is 210 g/mol. The van der Waals surface area contributed by atoms with Crippen LogP contribution in [0.5, 0.6) is 0 Å². The molecule has 0 aliphatic heterocycles. The van der Waals surface area contributed by atoms with Gasteiger partial charge in [-0.2, -0.15) is 5.26 Å². The van der Waals surface area contributed by atoms with Crippen molar-refractivity contribution in [1.29, 1.82) is 5.26 Å². The molecule has 17 heavy (non-hydrogen) atoms. The van der Waals surface area contributed by atoms with Gasteiger partial charge in [0.05, 0.1) is 5.56 Å². The van der Waals surface area contributed by atoms with Crippen LogP contribution in [0.15, 0.2) is 12.1 Å². The molecule has 0 spiro atoms. The van der Waals surface area contributed by atoms with E-state index in [9.17, 15) is 0 Å². The summed E-state index contributed by atoms with van der Waals surface area (Å²) in [6, 6.07) is 5.84. The Morgan fingerprint density at radius 2 is 2.12 bits per heavy atom. The number of nitriles is 1. The number of rotatable bonds is 6. The van der Waals surface area contributed by atoms with Crippen LogP contribution in [0.25, 0.3) is 0 Å².